The monoisotopic (exact) mass is 293 g/mol. The summed E-state index contributed by atoms with van der Waals surface area (Å²) in [6.45, 7) is 0.761. The van der Waals surface area contributed by atoms with Crippen LogP contribution in [0.4, 0.5) is 5.69 Å². The van der Waals surface area contributed by atoms with E-state index in [1.54, 1.807) is 25.3 Å². The second-order valence-corrected chi connectivity index (χ2v) is 4.44. The highest BCUT2D eigenvalue weighted by Crippen LogP contribution is 2.30. The van der Waals surface area contributed by atoms with Crippen LogP contribution in [0.15, 0.2) is 42.5 Å². The molecule has 4 nitrogen and oxygen atoms in total. The highest BCUT2D eigenvalue weighted by Gasteiger charge is 2.05. The van der Waals surface area contributed by atoms with Crippen LogP contribution in [0.1, 0.15) is 0 Å². The van der Waals surface area contributed by atoms with Crippen LogP contribution in [0.2, 0.25) is 5.02 Å². The Balaban J connectivity index is 1.81. The van der Waals surface area contributed by atoms with Crippen molar-refractivity contribution >= 4 is 17.3 Å². The Bertz CT molecular complexity index is 537. The Kier molecular flexibility index (Phi) is 4.96. The number of hydrogen-bond acceptors (Lipinski definition) is 4. The van der Waals surface area contributed by atoms with Crippen molar-refractivity contribution in [1.82, 2.24) is 0 Å². The minimum absolute atomic E-state index is 0.361. The average molecular weight is 294 g/mol. The Morgan fingerprint density at radius 2 is 1.60 bits per heavy atom. The highest BCUT2D eigenvalue weighted by molar-refractivity contribution is 6.32. The van der Waals surface area contributed by atoms with E-state index < -0.39 is 0 Å². The molecule has 0 aliphatic heterocycles. The van der Waals surface area contributed by atoms with Crippen molar-refractivity contribution in [2.24, 2.45) is 0 Å². The van der Waals surface area contributed by atoms with Crippen molar-refractivity contribution < 1.29 is 14.2 Å². The fraction of sp³-hybridized carbons (Fsp3) is 0.200. The first kappa shape index (κ1) is 14.3. The van der Waals surface area contributed by atoms with E-state index in [4.69, 9.17) is 31.5 Å². The Morgan fingerprint density at radius 3 is 2.25 bits per heavy atom. The summed E-state index contributed by atoms with van der Waals surface area (Å²) >= 11 is 6.00. The number of benzene rings is 2. The van der Waals surface area contributed by atoms with Crippen LogP contribution in [0, 0.1) is 0 Å². The van der Waals surface area contributed by atoms with E-state index in [9.17, 15) is 0 Å². The molecule has 0 saturated heterocycles. The lowest BCUT2D eigenvalue weighted by molar-refractivity contribution is 0.218. The molecule has 0 aliphatic carbocycles. The van der Waals surface area contributed by atoms with Gasteiger partial charge in [-0.2, -0.15) is 0 Å². The first-order chi connectivity index (χ1) is 9.70. The maximum atomic E-state index is 6.00. The smallest absolute Gasteiger partial charge is 0.160 e. The van der Waals surface area contributed by atoms with E-state index in [-0.39, 0.29) is 0 Å². The van der Waals surface area contributed by atoms with Crippen molar-refractivity contribution in [3.8, 4) is 17.2 Å². The van der Waals surface area contributed by atoms with E-state index in [2.05, 4.69) is 0 Å². The second kappa shape index (κ2) is 6.91. The highest BCUT2D eigenvalue weighted by atomic mass is 35.5. The molecule has 106 valence electrons. The maximum absolute atomic E-state index is 6.00. The van der Waals surface area contributed by atoms with Gasteiger partial charge >= 0.3 is 0 Å². The summed E-state index contributed by atoms with van der Waals surface area (Å²) in [5.41, 5.74) is 6.30. The van der Waals surface area contributed by atoms with Crippen LogP contribution in [0.3, 0.4) is 0 Å². The lowest BCUT2D eigenvalue weighted by Gasteiger charge is -2.11. The van der Waals surface area contributed by atoms with E-state index in [1.807, 2.05) is 24.3 Å². The SMILES string of the molecule is COc1ccc(OCCOc2c(N)cccc2Cl)cc1. The zero-order chi connectivity index (χ0) is 14.4. The van der Waals surface area contributed by atoms with Crippen LogP contribution < -0.4 is 19.9 Å². The first-order valence-corrected chi connectivity index (χ1v) is 6.52. The molecule has 0 fully saturated rings. The van der Waals surface area contributed by atoms with Crippen molar-refractivity contribution in [2.75, 3.05) is 26.1 Å². The van der Waals surface area contributed by atoms with E-state index >= 15 is 0 Å². The van der Waals surface area contributed by atoms with Gasteiger partial charge in [0.15, 0.2) is 5.75 Å². The van der Waals surface area contributed by atoms with Crippen molar-refractivity contribution in [1.29, 1.82) is 0 Å². The van der Waals surface area contributed by atoms with Crippen molar-refractivity contribution in [3.63, 3.8) is 0 Å². The summed E-state index contributed by atoms with van der Waals surface area (Å²) in [7, 11) is 1.62. The molecular weight excluding hydrogens is 278 g/mol. The summed E-state index contributed by atoms with van der Waals surface area (Å²) < 4.78 is 16.1. The molecule has 2 aromatic rings. The van der Waals surface area contributed by atoms with Crippen LogP contribution in [0.5, 0.6) is 17.2 Å². The van der Waals surface area contributed by atoms with E-state index in [1.165, 1.54) is 0 Å². The number of halogens is 1. The van der Waals surface area contributed by atoms with Gasteiger partial charge in [-0.1, -0.05) is 17.7 Å². The molecule has 0 bridgehead atoms. The molecule has 5 heteroatoms. The molecule has 0 radical (unpaired) electrons. The third-order valence-corrected chi connectivity index (χ3v) is 2.95. The molecule has 0 heterocycles. The first-order valence-electron chi connectivity index (χ1n) is 6.14. The molecule has 0 saturated carbocycles. The van der Waals surface area contributed by atoms with Gasteiger partial charge in [-0.05, 0) is 36.4 Å². The lowest BCUT2D eigenvalue weighted by Crippen LogP contribution is -2.10. The summed E-state index contributed by atoms with van der Waals surface area (Å²) in [5.74, 6) is 2.03. The van der Waals surface area contributed by atoms with Gasteiger partial charge in [-0.3, -0.25) is 0 Å². The van der Waals surface area contributed by atoms with E-state index in [0.29, 0.717) is 29.7 Å². The largest absolute Gasteiger partial charge is 0.497 e. The summed E-state index contributed by atoms with van der Waals surface area (Å²) in [6.07, 6.45) is 0. The summed E-state index contributed by atoms with van der Waals surface area (Å²) in [4.78, 5) is 0. The third-order valence-electron chi connectivity index (χ3n) is 2.66. The molecule has 0 unspecified atom stereocenters. The predicted molar refractivity (Wildman–Crippen MR) is 79.8 cm³/mol. The molecule has 0 atom stereocenters. The number of anilines is 1. The second-order valence-electron chi connectivity index (χ2n) is 4.03. The molecule has 2 rings (SSSR count). The molecule has 0 spiro atoms. The topological polar surface area (TPSA) is 53.7 Å². The number of hydrogen-bond donors (Lipinski definition) is 1. The quantitative estimate of drug-likeness (QED) is 0.655. The van der Waals surface area contributed by atoms with Crippen LogP contribution in [-0.4, -0.2) is 20.3 Å². The van der Waals surface area contributed by atoms with Gasteiger partial charge in [-0.25, -0.2) is 0 Å². The summed E-state index contributed by atoms with van der Waals surface area (Å²) in [5, 5.41) is 0.495. The van der Waals surface area contributed by atoms with Gasteiger partial charge in [0.2, 0.25) is 0 Å². The number of nitrogen functional groups attached to an aromatic ring is 1. The summed E-state index contributed by atoms with van der Waals surface area (Å²) in [6, 6.07) is 12.6. The standard InChI is InChI=1S/C15H16ClNO3/c1-18-11-5-7-12(8-6-11)19-9-10-20-15-13(16)3-2-4-14(15)17/h2-8H,9-10,17H2,1H3. The van der Waals surface area contributed by atoms with Crippen LogP contribution in [0.25, 0.3) is 0 Å². The van der Waals surface area contributed by atoms with Gasteiger partial charge in [0, 0.05) is 0 Å². The zero-order valence-electron chi connectivity index (χ0n) is 11.1. The van der Waals surface area contributed by atoms with E-state index in [0.717, 1.165) is 11.5 Å². The maximum Gasteiger partial charge on any atom is 0.160 e. The Hall–Kier alpha value is -2.07. The van der Waals surface area contributed by atoms with Gasteiger partial charge in [0.05, 0.1) is 17.8 Å². The van der Waals surface area contributed by atoms with Gasteiger partial charge in [0.1, 0.15) is 24.7 Å². The lowest BCUT2D eigenvalue weighted by atomic mass is 10.3. The predicted octanol–water partition coefficient (Wildman–Crippen LogP) is 3.39. The minimum atomic E-state index is 0.361. The van der Waals surface area contributed by atoms with Crippen LogP contribution >= 0.6 is 11.6 Å². The Morgan fingerprint density at radius 1 is 0.950 bits per heavy atom. The molecule has 0 aliphatic rings. The molecule has 2 N–H and O–H groups in total. The van der Waals surface area contributed by atoms with Gasteiger partial charge in [0.25, 0.3) is 0 Å². The fourth-order valence-corrected chi connectivity index (χ4v) is 1.89. The molecule has 2 aromatic carbocycles. The number of nitrogens with two attached hydrogens (primary N) is 1. The molecule has 20 heavy (non-hydrogen) atoms. The van der Waals surface area contributed by atoms with Crippen LogP contribution in [-0.2, 0) is 0 Å². The third kappa shape index (κ3) is 3.71. The molecule has 0 amide bonds. The number of ether oxygens (including phenoxy) is 3. The fourth-order valence-electron chi connectivity index (χ4n) is 1.65. The average Bonchev–Trinajstić information content (AvgIpc) is 2.46. The minimum Gasteiger partial charge on any atom is -0.497 e. The number of para-hydroxylation sites is 1. The van der Waals surface area contributed by atoms with Crippen molar-refractivity contribution in [2.45, 2.75) is 0 Å². The van der Waals surface area contributed by atoms with Gasteiger partial charge < -0.3 is 19.9 Å². The zero-order valence-corrected chi connectivity index (χ0v) is 11.9. The number of rotatable bonds is 6. The number of methoxy groups -OCH3 is 1. The van der Waals surface area contributed by atoms with Gasteiger partial charge in [-0.15, -0.1) is 0 Å². The Labute approximate surface area is 123 Å². The van der Waals surface area contributed by atoms with Crippen molar-refractivity contribution in [3.05, 3.63) is 47.5 Å². The normalized spacial score (nSPS) is 10.1. The molecule has 0 aromatic heterocycles. The molecular formula is C15H16ClNO3.